The number of alkyl halides is 2. The van der Waals surface area contributed by atoms with E-state index in [0.717, 1.165) is 35.5 Å². The van der Waals surface area contributed by atoms with Crippen LogP contribution in [0.15, 0.2) is 12.1 Å². The Kier molecular flexibility index (Phi) is 8.76. The van der Waals surface area contributed by atoms with Gasteiger partial charge in [-0.2, -0.15) is 0 Å². The third kappa shape index (κ3) is 6.26. The number of rotatable bonds is 10. The van der Waals surface area contributed by atoms with E-state index < -0.39 is 5.97 Å². The van der Waals surface area contributed by atoms with Crippen LogP contribution in [0.4, 0.5) is 0 Å². The van der Waals surface area contributed by atoms with Gasteiger partial charge in [0.05, 0.1) is 13.7 Å². The second kappa shape index (κ2) is 10.1. The van der Waals surface area contributed by atoms with Crippen molar-refractivity contribution in [3.8, 4) is 11.5 Å². The van der Waals surface area contributed by atoms with Gasteiger partial charge < -0.3 is 14.6 Å². The van der Waals surface area contributed by atoms with Gasteiger partial charge in [0.15, 0.2) is 0 Å². The maximum absolute atomic E-state index is 10.4. The van der Waals surface area contributed by atoms with Gasteiger partial charge in [0.1, 0.15) is 11.5 Å². The number of unbranched alkanes of at least 4 members (excludes halogenated alkanes) is 2. The molecule has 4 nitrogen and oxygen atoms in total. The summed E-state index contributed by atoms with van der Waals surface area (Å²) in [4.78, 5) is 10.4. The number of hydrogen-bond acceptors (Lipinski definition) is 3. The first-order valence-corrected chi connectivity index (χ1v) is 9.03. The van der Waals surface area contributed by atoms with Gasteiger partial charge in [-0.3, -0.25) is 4.79 Å². The van der Waals surface area contributed by atoms with E-state index >= 15 is 0 Å². The van der Waals surface area contributed by atoms with Gasteiger partial charge in [-0.1, -0.05) is 31.9 Å². The molecule has 0 fully saturated rings. The standard InChI is InChI=1S/C15H20Br2O4/c1-20-13-7-12(10-17)14(8-11(13)9-16)21-6-4-2-3-5-15(18)19/h7-8H,2-6,9-10H2,1H3,(H,18,19). The minimum Gasteiger partial charge on any atom is -0.496 e. The molecule has 1 N–H and O–H groups in total. The first-order chi connectivity index (χ1) is 10.1. The highest BCUT2D eigenvalue weighted by atomic mass is 79.9. The Labute approximate surface area is 142 Å². The van der Waals surface area contributed by atoms with Crippen LogP contribution in [0.5, 0.6) is 11.5 Å². The lowest BCUT2D eigenvalue weighted by molar-refractivity contribution is -0.137. The number of hydrogen-bond donors (Lipinski definition) is 1. The molecule has 0 spiro atoms. The zero-order chi connectivity index (χ0) is 15.7. The minimum atomic E-state index is -0.741. The average Bonchev–Trinajstić information content (AvgIpc) is 2.49. The summed E-state index contributed by atoms with van der Waals surface area (Å²) in [6.07, 6.45) is 2.63. The van der Waals surface area contributed by atoms with Crippen molar-refractivity contribution < 1.29 is 19.4 Å². The van der Waals surface area contributed by atoms with E-state index in [1.807, 2.05) is 12.1 Å². The van der Waals surface area contributed by atoms with Crippen molar-refractivity contribution in [1.82, 2.24) is 0 Å². The van der Waals surface area contributed by atoms with Crippen molar-refractivity contribution in [3.63, 3.8) is 0 Å². The van der Waals surface area contributed by atoms with Crippen LogP contribution in [0.25, 0.3) is 0 Å². The van der Waals surface area contributed by atoms with Gasteiger partial charge in [-0.05, 0) is 31.4 Å². The summed E-state index contributed by atoms with van der Waals surface area (Å²) >= 11 is 6.90. The van der Waals surface area contributed by atoms with E-state index in [9.17, 15) is 4.79 Å². The molecule has 0 radical (unpaired) electrons. The molecule has 0 aliphatic carbocycles. The second-order valence-electron chi connectivity index (χ2n) is 4.59. The predicted molar refractivity (Wildman–Crippen MR) is 89.9 cm³/mol. The van der Waals surface area contributed by atoms with Crippen molar-refractivity contribution in [2.45, 2.75) is 36.3 Å². The lowest BCUT2D eigenvalue weighted by Crippen LogP contribution is -2.02. The highest BCUT2D eigenvalue weighted by molar-refractivity contribution is 9.08. The van der Waals surface area contributed by atoms with Gasteiger partial charge in [0.2, 0.25) is 0 Å². The van der Waals surface area contributed by atoms with E-state index in [2.05, 4.69) is 31.9 Å². The maximum Gasteiger partial charge on any atom is 0.303 e. The van der Waals surface area contributed by atoms with E-state index in [1.54, 1.807) is 7.11 Å². The molecule has 0 aliphatic rings. The molecule has 0 saturated carbocycles. The zero-order valence-corrected chi connectivity index (χ0v) is 15.2. The molecule has 118 valence electrons. The quantitative estimate of drug-likeness (QED) is 0.444. The summed E-state index contributed by atoms with van der Waals surface area (Å²) in [6.45, 7) is 0.591. The number of halogens is 2. The summed E-state index contributed by atoms with van der Waals surface area (Å²) < 4.78 is 11.2. The number of ether oxygens (including phenoxy) is 2. The lowest BCUT2D eigenvalue weighted by atomic mass is 10.1. The van der Waals surface area contributed by atoms with Crippen molar-refractivity contribution in [1.29, 1.82) is 0 Å². The zero-order valence-electron chi connectivity index (χ0n) is 12.0. The van der Waals surface area contributed by atoms with Crippen molar-refractivity contribution in [2.75, 3.05) is 13.7 Å². The SMILES string of the molecule is COc1cc(CBr)c(OCCCCCC(=O)O)cc1CBr. The molecular formula is C15H20Br2O4. The molecule has 0 atom stereocenters. The van der Waals surface area contributed by atoms with Gasteiger partial charge >= 0.3 is 5.97 Å². The fourth-order valence-electron chi connectivity index (χ4n) is 1.91. The van der Waals surface area contributed by atoms with Crippen LogP contribution in [-0.2, 0) is 15.5 Å². The molecule has 1 aromatic carbocycles. The smallest absolute Gasteiger partial charge is 0.303 e. The Bertz CT molecular complexity index is 463. The van der Waals surface area contributed by atoms with E-state index in [0.29, 0.717) is 23.7 Å². The van der Waals surface area contributed by atoms with Crippen LogP contribution in [0.2, 0.25) is 0 Å². The molecule has 0 bridgehead atoms. The molecule has 21 heavy (non-hydrogen) atoms. The number of carboxylic acids is 1. The number of carbonyl (C=O) groups is 1. The maximum atomic E-state index is 10.4. The molecule has 1 rings (SSSR count). The molecule has 0 aliphatic heterocycles. The molecule has 6 heteroatoms. The molecule has 0 unspecified atom stereocenters. The summed E-state index contributed by atoms with van der Waals surface area (Å²) in [5.74, 6) is 0.949. The van der Waals surface area contributed by atoms with Crippen LogP contribution >= 0.6 is 31.9 Å². The van der Waals surface area contributed by atoms with E-state index in [4.69, 9.17) is 14.6 Å². The third-order valence-corrected chi connectivity index (χ3v) is 4.25. The topological polar surface area (TPSA) is 55.8 Å². The van der Waals surface area contributed by atoms with Crippen LogP contribution < -0.4 is 9.47 Å². The van der Waals surface area contributed by atoms with Crippen LogP contribution in [0.1, 0.15) is 36.8 Å². The molecule has 0 saturated heterocycles. The molecule has 1 aromatic rings. The van der Waals surface area contributed by atoms with E-state index in [1.165, 1.54) is 0 Å². The largest absolute Gasteiger partial charge is 0.496 e. The summed E-state index contributed by atoms with van der Waals surface area (Å²) in [7, 11) is 1.66. The van der Waals surface area contributed by atoms with Crippen molar-refractivity contribution in [2.24, 2.45) is 0 Å². The average molecular weight is 424 g/mol. The van der Waals surface area contributed by atoms with Crippen LogP contribution in [-0.4, -0.2) is 24.8 Å². The van der Waals surface area contributed by atoms with Gasteiger partial charge in [0, 0.05) is 28.2 Å². The summed E-state index contributed by atoms with van der Waals surface area (Å²) in [6, 6.07) is 3.96. The number of benzene rings is 1. The summed E-state index contributed by atoms with van der Waals surface area (Å²) in [5, 5.41) is 9.97. The monoisotopic (exact) mass is 422 g/mol. The highest BCUT2D eigenvalue weighted by Gasteiger charge is 2.10. The Hall–Kier alpha value is -0.750. The Morgan fingerprint density at radius 1 is 1.10 bits per heavy atom. The lowest BCUT2D eigenvalue weighted by Gasteiger charge is -2.14. The van der Waals surface area contributed by atoms with Crippen LogP contribution in [0, 0.1) is 0 Å². The first kappa shape index (κ1) is 18.3. The number of aliphatic carboxylic acids is 1. The Balaban J connectivity index is 2.55. The minimum absolute atomic E-state index is 0.225. The summed E-state index contributed by atoms with van der Waals surface area (Å²) in [5.41, 5.74) is 2.09. The number of methoxy groups -OCH3 is 1. The third-order valence-electron chi connectivity index (χ3n) is 3.04. The Morgan fingerprint density at radius 2 is 1.71 bits per heavy atom. The van der Waals surface area contributed by atoms with Crippen molar-refractivity contribution in [3.05, 3.63) is 23.3 Å². The van der Waals surface area contributed by atoms with Gasteiger partial charge in [-0.15, -0.1) is 0 Å². The number of carboxylic acid groups (broad SMARTS) is 1. The molecule has 0 amide bonds. The molecule has 0 aromatic heterocycles. The Morgan fingerprint density at radius 3 is 2.29 bits per heavy atom. The van der Waals surface area contributed by atoms with E-state index in [-0.39, 0.29) is 6.42 Å². The van der Waals surface area contributed by atoms with Crippen molar-refractivity contribution >= 4 is 37.8 Å². The predicted octanol–water partition coefficient (Wildman–Crippen LogP) is 4.51. The fourth-order valence-corrected chi connectivity index (χ4v) is 2.79. The van der Waals surface area contributed by atoms with Gasteiger partial charge in [0.25, 0.3) is 0 Å². The molecule has 0 heterocycles. The molecular weight excluding hydrogens is 404 g/mol. The first-order valence-electron chi connectivity index (χ1n) is 6.78. The highest BCUT2D eigenvalue weighted by Crippen LogP contribution is 2.32. The van der Waals surface area contributed by atoms with Crippen LogP contribution in [0.3, 0.4) is 0 Å². The van der Waals surface area contributed by atoms with Gasteiger partial charge in [-0.25, -0.2) is 0 Å². The fraction of sp³-hybridized carbons (Fsp3) is 0.533. The normalized spacial score (nSPS) is 10.4. The second-order valence-corrected chi connectivity index (χ2v) is 5.71.